The molecule has 8 nitrogen and oxygen atoms in total. The minimum absolute atomic E-state index is 0.0273. The lowest BCUT2D eigenvalue weighted by atomic mass is 9.98. The minimum atomic E-state index is -1.12. The van der Waals surface area contributed by atoms with Gasteiger partial charge in [0.1, 0.15) is 11.4 Å². The molecule has 1 N–H and O–H groups in total. The zero-order valence-electron chi connectivity index (χ0n) is 19.0. The maximum absolute atomic E-state index is 13.2. The van der Waals surface area contributed by atoms with E-state index in [1.54, 1.807) is 17.3 Å². The van der Waals surface area contributed by atoms with Gasteiger partial charge in [-0.2, -0.15) is 0 Å². The quantitative estimate of drug-likeness (QED) is 0.461. The molecule has 3 unspecified atom stereocenters. The lowest BCUT2D eigenvalue weighted by Crippen LogP contribution is -2.30. The fourth-order valence-electron chi connectivity index (χ4n) is 5.70. The third-order valence-electron chi connectivity index (χ3n) is 7.58. The molecule has 3 atom stereocenters. The summed E-state index contributed by atoms with van der Waals surface area (Å²) in [5, 5.41) is 11.3. The molecule has 0 saturated carbocycles. The van der Waals surface area contributed by atoms with E-state index in [-0.39, 0.29) is 24.6 Å². The van der Waals surface area contributed by atoms with Crippen molar-refractivity contribution in [3.63, 3.8) is 0 Å². The fourth-order valence-corrected chi connectivity index (χ4v) is 6.00. The van der Waals surface area contributed by atoms with Gasteiger partial charge in [-0.15, -0.1) is 0 Å². The van der Waals surface area contributed by atoms with Crippen LogP contribution < -0.4 is 0 Å². The molecular weight excluding hydrogens is 466 g/mol. The van der Waals surface area contributed by atoms with Gasteiger partial charge in [0.2, 0.25) is 0 Å². The molecule has 7 rings (SSSR count). The number of nitrogens with zero attached hydrogens (tertiary/aromatic N) is 5. The van der Waals surface area contributed by atoms with Gasteiger partial charge in [0, 0.05) is 54.0 Å². The number of hydrogen-bond donors (Lipinski definition) is 1. The maximum atomic E-state index is 13.2. The van der Waals surface area contributed by atoms with Crippen LogP contribution in [0.25, 0.3) is 22.2 Å². The second-order valence-electron chi connectivity index (χ2n) is 9.56. The number of rotatable bonds is 2. The summed E-state index contributed by atoms with van der Waals surface area (Å²) in [4.78, 5) is 28.8. The van der Waals surface area contributed by atoms with E-state index >= 15 is 0 Å². The van der Waals surface area contributed by atoms with Crippen LogP contribution >= 0.6 is 11.6 Å². The van der Waals surface area contributed by atoms with Crippen LogP contribution in [0.4, 0.5) is 0 Å². The number of halogens is 1. The Morgan fingerprint density at radius 2 is 1.97 bits per heavy atom. The molecule has 35 heavy (non-hydrogen) atoms. The molecule has 176 valence electrons. The number of hydrogen-bond acceptors (Lipinski definition) is 6. The zero-order chi connectivity index (χ0) is 23.9. The van der Waals surface area contributed by atoms with Gasteiger partial charge in [-0.05, 0) is 29.8 Å². The Kier molecular flexibility index (Phi) is 4.40. The first-order chi connectivity index (χ1) is 16.9. The first-order valence-electron chi connectivity index (χ1n) is 11.6. The number of benzene rings is 2. The number of amides is 1. The van der Waals surface area contributed by atoms with Crippen LogP contribution in [0.5, 0.6) is 0 Å². The highest BCUT2D eigenvalue weighted by molar-refractivity contribution is 6.32. The summed E-state index contributed by atoms with van der Waals surface area (Å²) in [5.74, 6) is 1.23. The van der Waals surface area contributed by atoms with Crippen LogP contribution in [0.2, 0.25) is 5.02 Å². The van der Waals surface area contributed by atoms with Crippen molar-refractivity contribution in [1.29, 1.82) is 0 Å². The van der Waals surface area contributed by atoms with E-state index < -0.39 is 5.60 Å². The molecule has 0 aliphatic carbocycles. The smallest absolute Gasteiger partial charge is 0.254 e. The summed E-state index contributed by atoms with van der Waals surface area (Å²) in [7, 11) is 1.84. The molecule has 1 amide bonds. The van der Waals surface area contributed by atoms with Crippen molar-refractivity contribution in [2.75, 3.05) is 20.3 Å². The van der Waals surface area contributed by atoms with Gasteiger partial charge in [-0.1, -0.05) is 23.7 Å². The Bertz CT molecular complexity index is 1510. The monoisotopic (exact) mass is 487 g/mol. The summed E-state index contributed by atoms with van der Waals surface area (Å²) in [6, 6.07) is 11.4. The number of ether oxygens (including phenoxy) is 1. The molecule has 4 aromatic rings. The van der Waals surface area contributed by atoms with Gasteiger partial charge in [-0.25, -0.2) is 15.0 Å². The molecule has 0 spiro atoms. The molecule has 1 fully saturated rings. The van der Waals surface area contributed by atoms with Crippen LogP contribution in [0.15, 0.2) is 48.8 Å². The highest BCUT2D eigenvalue weighted by Gasteiger charge is 2.44. The van der Waals surface area contributed by atoms with E-state index in [1.807, 2.05) is 37.4 Å². The molecule has 0 radical (unpaired) electrons. The number of carbonyl (C=O) groups excluding carboxylic acids is 1. The van der Waals surface area contributed by atoms with Crippen molar-refractivity contribution < 1.29 is 14.6 Å². The average Bonchev–Trinajstić information content (AvgIpc) is 3.56. The third-order valence-corrected chi connectivity index (χ3v) is 7.91. The summed E-state index contributed by atoms with van der Waals surface area (Å²) in [6.45, 7) is 0.713. The van der Waals surface area contributed by atoms with Crippen molar-refractivity contribution in [2.45, 2.75) is 30.5 Å². The summed E-state index contributed by atoms with van der Waals surface area (Å²) in [6.07, 6.45) is 4.70. The van der Waals surface area contributed by atoms with Gasteiger partial charge in [0.05, 0.1) is 36.3 Å². The van der Waals surface area contributed by atoms with E-state index in [1.165, 1.54) is 0 Å². The molecule has 2 aromatic heterocycles. The molecule has 2 aromatic carbocycles. The maximum Gasteiger partial charge on any atom is 0.254 e. The lowest BCUT2D eigenvalue weighted by molar-refractivity contribution is 0.0153. The van der Waals surface area contributed by atoms with E-state index in [0.717, 1.165) is 40.0 Å². The largest absolute Gasteiger partial charge is 0.379 e. The standard InChI is InChI=1S/C26H22ClN5O3/c1-31-21-10-20(22-16(24(31)33)3-2-4-17(22)27)32-19-9-14(5-6-18(19)30-23(21)32)15-11-28-25(29-12-15)26(34)7-8-35-13-26/h2-6,9,11-12,20-21,34H,7-8,10,13H2,1H3. The van der Waals surface area contributed by atoms with Crippen molar-refractivity contribution >= 4 is 28.5 Å². The minimum Gasteiger partial charge on any atom is -0.379 e. The molecule has 2 bridgehead atoms. The van der Waals surface area contributed by atoms with Crippen molar-refractivity contribution in [1.82, 2.24) is 24.4 Å². The Labute approximate surface area is 206 Å². The SMILES string of the molecule is CN1C(=O)c2cccc(Cl)c2C2CC1c1nc3ccc(-c4cnc(C5(O)CCOC5)nc4)cc3n12. The van der Waals surface area contributed by atoms with Crippen LogP contribution in [0.3, 0.4) is 0 Å². The first kappa shape index (κ1) is 21.0. The van der Waals surface area contributed by atoms with Gasteiger partial charge < -0.3 is 19.3 Å². The number of fused-ring (bicyclic) bond motifs is 9. The van der Waals surface area contributed by atoms with Crippen LogP contribution in [0.1, 0.15) is 52.5 Å². The van der Waals surface area contributed by atoms with Gasteiger partial charge in [0.25, 0.3) is 5.91 Å². The normalized spacial score (nSPS) is 25.1. The fraction of sp³-hybridized carbons (Fsp3) is 0.308. The van der Waals surface area contributed by atoms with Gasteiger partial charge in [-0.3, -0.25) is 4.79 Å². The van der Waals surface area contributed by atoms with E-state index in [2.05, 4.69) is 20.6 Å². The number of imidazole rings is 1. The molecule has 5 heterocycles. The van der Waals surface area contributed by atoms with E-state index in [9.17, 15) is 9.90 Å². The first-order valence-corrected chi connectivity index (χ1v) is 12.0. The number of aliphatic hydroxyl groups is 1. The van der Waals surface area contributed by atoms with Crippen molar-refractivity contribution in [3.05, 3.63) is 76.6 Å². The second kappa shape index (κ2) is 7.34. The Morgan fingerprint density at radius 3 is 2.74 bits per heavy atom. The van der Waals surface area contributed by atoms with E-state index in [0.29, 0.717) is 29.4 Å². The average molecular weight is 488 g/mol. The molecular formula is C26H22ClN5O3. The Morgan fingerprint density at radius 1 is 1.14 bits per heavy atom. The highest BCUT2D eigenvalue weighted by Crippen LogP contribution is 2.49. The Balaban J connectivity index is 1.35. The van der Waals surface area contributed by atoms with Crippen molar-refractivity contribution in [3.8, 4) is 11.1 Å². The summed E-state index contributed by atoms with van der Waals surface area (Å²) >= 11 is 6.66. The predicted octanol–water partition coefficient (Wildman–Crippen LogP) is 3.87. The Hall–Kier alpha value is -3.33. The molecule has 3 aliphatic rings. The highest BCUT2D eigenvalue weighted by atomic mass is 35.5. The predicted molar refractivity (Wildman–Crippen MR) is 129 cm³/mol. The van der Waals surface area contributed by atoms with Crippen LogP contribution in [0, 0.1) is 0 Å². The molecule has 1 saturated heterocycles. The zero-order valence-corrected chi connectivity index (χ0v) is 19.7. The second-order valence-corrected chi connectivity index (χ2v) is 9.96. The summed E-state index contributed by atoms with van der Waals surface area (Å²) < 4.78 is 7.56. The molecule has 9 heteroatoms. The third kappa shape index (κ3) is 2.94. The van der Waals surface area contributed by atoms with Crippen LogP contribution in [-0.2, 0) is 10.3 Å². The van der Waals surface area contributed by atoms with Gasteiger partial charge in [0.15, 0.2) is 5.82 Å². The number of carbonyl (C=O) groups is 1. The van der Waals surface area contributed by atoms with Crippen LogP contribution in [-0.4, -0.2) is 55.7 Å². The topological polar surface area (TPSA) is 93.4 Å². The lowest BCUT2D eigenvalue weighted by Gasteiger charge is -2.24. The summed E-state index contributed by atoms with van der Waals surface area (Å²) in [5.41, 5.74) is 4.02. The van der Waals surface area contributed by atoms with Gasteiger partial charge >= 0.3 is 0 Å². The van der Waals surface area contributed by atoms with E-state index in [4.69, 9.17) is 21.3 Å². The van der Waals surface area contributed by atoms with Crippen molar-refractivity contribution in [2.24, 2.45) is 0 Å². The molecule has 3 aliphatic heterocycles. The number of aromatic nitrogens is 4.